The molecule has 1 unspecified atom stereocenters. The van der Waals surface area contributed by atoms with Gasteiger partial charge in [-0.15, -0.1) is 0 Å². The van der Waals surface area contributed by atoms with Crippen LogP contribution in [0.4, 0.5) is 5.69 Å². The lowest BCUT2D eigenvalue weighted by molar-refractivity contribution is -0.121. The van der Waals surface area contributed by atoms with Gasteiger partial charge in [0.2, 0.25) is 5.91 Å². The van der Waals surface area contributed by atoms with Gasteiger partial charge in [-0.05, 0) is 47.5 Å². The van der Waals surface area contributed by atoms with Crippen LogP contribution in [-0.2, 0) is 14.3 Å². The van der Waals surface area contributed by atoms with Crippen molar-refractivity contribution in [2.75, 3.05) is 25.1 Å². The number of esters is 1. The van der Waals surface area contributed by atoms with Crippen molar-refractivity contribution in [1.82, 2.24) is 0 Å². The average Bonchev–Trinajstić information content (AvgIpc) is 2.89. The van der Waals surface area contributed by atoms with Gasteiger partial charge in [-0.25, -0.2) is 4.79 Å². The summed E-state index contributed by atoms with van der Waals surface area (Å²) in [5.74, 6) is -0.708. The quantitative estimate of drug-likeness (QED) is 0.801. The van der Waals surface area contributed by atoms with Crippen molar-refractivity contribution < 1.29 is 19.1 Å². The van der Waals surface area contributed by atoms with Gasteiger partial charge in [0.05, 0.1) is 24.5 Å². The van der Waals surface area contributed by atoms with Gasteiger partial charge in [-0.1, -0.05) is 0 Å². The Labute approximate surface area is 131 Å². The Bertz CT molecular complexity index is 556. The van der Waals surface area contributed by atoms with Crippen LogP contribution in [0, 0.1) is 0 Å². The lowest BCUT2D eigenvalue weighted by Gasteiger charge is -2.21. The summed E-state index contributed by atoms with van der Waals surface area (Å²) in [6.45, 7) is 2.74. The zero-order valence-electron chi connectivity index (χ0n) is 11.6. The van der Waals surface area contributed by atoms with Crippen molar-refractivity contribution in [3.63, 3.8) is 0 Å². The van der Waals surface area contributed by atoms with E-state index >= 15 is 0 Å². The van der Waals surface area contributed by atoms with Gasteiger partial charge >= 0.3 is 5.97 Å². The summed E-state index contributed by atoms with van der Waals surface area (Å²) in [6, 6.07) is 4.82. The second-order valence-corrected chi connectivity index (χ2v) is 5.68. The number of rotatable bonds is 4. The molecule has 1 saturated heterocycles. The van der Waals surface area contributed by atoms with Gasteiger partial charge in [-0.2, -0.15) is 0 Å². The monoisotopic (exact) mass is 356 g/mol. The normalized spacial score (nSPS) is 21.1. The Kier molecular flexibility index (Phi) is 4.97. The lowest BCUT2D eigenvalue weighted by atomic mass is 9.99. The van der Waals surface area contributed by atoms with Crippen LogP contribution in [-0.4, -0.2) is 37.2 Å². The van der Waals surface area contributed by atoms with Crippen LogP contribution >= 0.6 is 15.9 Å². The highest BCUT2D eigenvalue weighted by Crippen LogP contribution is 2.26. The first-order valence-corrected chi connectivity index (χ1v) is 7.40. The average molecular weight is 357 g/mol. The van der Waals surface area contributed by atoms with Crippen molar-refractivity contribution in [3.05, 3.63) is 28.2 Å². The minimum absolute atomic E-state index is 0.206. The molecule has 3 N–H and O–H groups in total. The molecular weight excluding hydrogens is 340 g/mol. The molecule has 2 rings (SSSR count). The third kappa shape index (κ3) is 3.61. The highest BCUT2D eigenvalue weighted by atomic mass is 79.9. The van der Waals surface area contributed by atoms with E-state index in [2.05, 4.69) is 21.2 Å². The fourth-order valence-electron chi connectivity index (χ4n) is 1.96. The molecule has 114 valence electrons. The highest BCUT2D eigenvalue weighted by Gasteiger charge is 2.38. The maximum absolute atomic E-state index is 12.2. The first kappa shape index (κ1) is 15.9. The molecule has 7 heteroatoms. The van der Waals surface area contributed by atoms with Crippen molar-refractivity contribution in [2.24, 2.45) is 5.73 Å². The van der Waals surface area contributed by atoms with Crippen LogP contribution in [0.25, 0.3) is 0 Å². The summed E-state index contributed by atoms with van der Waals surface area (Å²) >= 11 is 3.33. The predicted octanol–water partition coefficient (Wildman–Crippen LogP) is 1.68. The maximum atomic E-state index is 12.2. The molecular formula is C14H17BrN2O4. The smallest absolute Gasteiger partial charge is 0.338 e. The van der Waals surface area contributed by atoms with Gasteiger partial charge in [0.15, 0.2) is 0 Å². The van der Waals surface area contributed by atoms with Gasteiger partial charge in [0, 0.05) is 11.1 Å². The van der Waals surface area contributed by atoms with Gasteiger partial charge in [0.1, 0.15) is 5.54 Å². The number of carbonyl (C=O) groups excluding carboxylic acids is 2. The zero-order valence-corrected chi connectivity index (χ0v) is 13.2. The van der Waals surface area contributed by atoms with E-state index in [-0.39, 0.29) is 12.5 Å². The Morgan fingerprint density at radius 1 is 1.52 bits per heavy atom. The van der Waals surface area contributed by atoms with Crippen molar-refractivity contribution in [3.8, 4) is 0 Å². The fourth-order valence-corrected chi connectivity index (χ4v) is 2.44. The number of nitrogens with two attached hydrogens (primary N) is 1. The van der Waals surface area contributed by atoms with E-state index < -0.39 is 11.5 Å². The van der Waals surface area contributed by atoms with E-state index in [1.54, 1.807) is 25.1 Å². The van der Waals surface area contributed by atoms with E-state index in [0.717, 1.165) is 0 Å². The summed E-state index contributed by atoms with van der Waals surface area (Å²) < 4.78 is 10.7. The number of nitrogens with one attached hydrogen (secondary N) is 1. The number of ether oxygens (including phenoxy) is 2. The molecule has 0 aliphatic carbocycles. The fraction of sp³-hybridized carbons (Fsp3) is 0.429. The SMILES string of the molecule is CCOC(=O)c1ccc(NC(=O)C2(N)CCOC2)c(Br)c1. The second-order valence-electron chi connectivity index (χ2n) is 4.83. The largest absolute Gasteiger partial charge is 0.462 e. The highest BCUT2D eigenvalue weighted by molar-refractivity contribution is 9.10. The molecule has 0 radical (unpaired) electrons. The van der Waals surface area contributed by atoms with E-state index in [0.29, 0.717) is 35.4 Å². The van der Waals surface area contributed by atoms with Gasteiger partial charge in [-0.3, -0.25) is 4.79 Å². The van der Waals surface area contributed by atoms with Crippen molar-refractivity contribution >= 4 is 33.5 Å². The standard InChI is InChI=1S/C14H17BrN2O4/c1-2-21-12(18)9-3-4-11(10(15)7-9)17-13(19)14(16)5-6-20-8-14/h3-4,7H,2,5-6,8,16H2,1H3,(H,17,19). The summed E-state index contributed by atoms with van der Waals surface area (Å²) in [5.41, 5.74) is 5.95. The first-order valence-electron chi connectivity index (χ1n) is 6.61. The predicted molar refractivity (Wildman–Crippen MR) is 81.1 cm³/mol. The van der Waals surface area contributed by atoms with Crippen LogP contribution in [0.5, 0.6) is 0 Å². The molecule has 0 spiro atoms. The summed E-state index contributed by atoms with van der Waals surface area (Å²) in [5, 5.41) is 2.75. The van der Waals surface area contributed by atoms with Crippen LogP contribution in [0.3, 0.4) is 0 Å². The van der Waals surface area contributed by atoms with E-state index in [9.17, 15) is 9.59 Å². The Morgan fingerprint density at radius 2 is 2.29 bits per heavy atom. The zero-order chi connectivity index (χ0) is 15.5. The molecule has 21 heavy (non-hydrogen) atoms. The molecule has 1 fully saturated rings. The Morgan fingerprint density at radius 3 is 2.86 bits per heavy atom. The second kappa shape index (κ2) is 6.55. The van der Waals surface area contributed by atoms with Crippen LogP contribution in [0.15, 0.2) is 22.7 Å². The van der Waals surface area contributed by atoms with Crippen LogP contribution in [0.2, 0.25) is 0 Å². The molecule has 1 aliphatic rings. The third-order valence-corrected chi connectivity index (χ3v) is 3.89. The molecule has 0 aromatic heterocycles. The van der Waals surface area contributed by atoms with E-state index in [4.69, 9.17) is 15.2 Å². The van der Waals surface area contributed by atoms with Crippen LogP contribution in [0.1, 0.15) is 23.7 Å². The molecule has 1 aliphatic heterocycles. The minimum Gasteiger partial charge on any atom is -0.462 e. The van der Waals surface area contributed by atoms with E-state index in [1.165, 1.54) is 0 Å². The number of benzene rings is 1. The summed E-state index contributed by atoms with van der Waals surface area (Å²) in [6.07, 6.45) is 0.483. The van der Waals surface area contributed by atoms with Crippen LogP contribution < -0.4 is 11.1 Å². The lowest BCUT2D eigenvalue weighted by Crippen LogP contribution is -2.51. The number of hydrogen-bond acceptors (Lipinski definition) is 5. The first-order chi connectivity index (χ1) is 9.96. The maximum Gasteiger partial charge on any atom is 0.338 e. The van der Waals surface area contributed by atoms with Crippen molar-refractivity contribution in [1.29, 1.82) is 0 Å². The number of carbonyl (C=O) groups is 2. The molecule has 6 nitrogen and oxygen atoms in total. The van der Waals surface area contributed by atoms with Gasteiger partial charge in [0.25, 0.3) is 0 Å². The number of hydrogen-bond donors (Lipinski definition) is 2. The summed E-state index contributed by atoms with van der Waals surface area (Å²) in [7, 11) is 0. The Hall–Kier alpha value is -1.44. The molecule has 0 bridgehead atoms. The third-order valence-electron chi connectivity index (χ3n) is 3.23. The molecule has 0 saturated carbocycles. The summed E-state index contributed by atoms with van der Waals surface area (Å²) in [4.78, 5) is 23.8. The molecule has 1 aromatic carbocycles. The van der Waals surface area contributed by atoms with Gasteiger partial charge < -0.3 is 20.5 Å². The molecule has 1 heterocycles. The Balaban J connectivity index is 2.11. The number of halogens is 1. The minimum atomic E-state index is -1.00. The topological polar surface area (TPSA) is 90.7 Å². The van der Waals surface area contributed by atoms with Crippen molar-refractivity contribution in [2.45, 2.75) is 18.9 Å². The molecule has 1 amide bonds. The molecule has 1 aromatic rings. The molecule has 1 atom stereocenters. The number of amides is 1. The number of anilines is 1. The van der Waals surface area contributed by atoms with E-state index in [1.807, 2.05) is 0 Å².